The minimum atomic E-state index is -0.808. The first-order valence-corrected chi connectivity index (χ1v) is 10.3. The van der Waals surface area contributed by atoms with Gasteiger partial charge in [0.1, 0.15) is 17.0 Å². The normalized spacial score (nSPS) is 17.4. The third-order valence-electron chi connectivity index (χ3n) is 5.65. The topological polar surface area (TPSA) is 109 Å². The quantitative estimate of drug-likeness (QED) is 0.673. The standard InChI is InChI=1S/C22H23N5O4/c1-13(2)30-15-4-6-19-16(12-15)20(28)23-22(31-19)7-9-27(10-8-22)21(29)14-3-5-17-18(11-14)25-26-24-17/h3-6,11-13H,7-10H2,1-2H3,(H,23,28)(H,24,25,26). The molecule has 0 atom stereocenters. The molecule has 1 aromatic heterocycles. The van der Waals surface area contributed by atoms with Crippen LogP contribution in [0.25, 0.3) is 11.0 Å². The highest BCUT2D eigenvalue weighted by atomic mass is 16.5. The summed E-state index contributed by atoms with van der Waals surface area (Å²) in [6, 6.07) is 10.6. The Morgan fingerprint density at radius 2 is 2.00 bits per heavy atom. The molecule has 9 heteroatoms. The van der Waals surface area contributed by atoms with Crippen LogP contribution in [-0.2, 0) is 0 Å². The van der Waals surface area contributed by atoms with Crippen molar-refractivity contribution in [2.75, 3.05) is 13.1 Å². The van der Waals surface area contributed by atoms with Gasteiger partial charge < -0.3 is 19.7 Å². The van der Waals surface area contributed by atoms with Crippen LogP contribution in [0.5, 0.6) is 11.5 Å². The summed E-state index contributed by atoms with van der Waals surface area (Å²) in [7, 11) is 0. The molecule has 2 aliphatic rings. The number of carbonyl (C=O) groups excluding carboxylic acids is 2. The number of amides is 2. The SMILES string of the molecule is CC(C)Oc1ccc2c(c1)C(=O)NC1(CCN(C(=O)c3ccc4[nH]nnc4c3)CC1)O2. The molecule has 0 bridgehead atoms. The van der Waals surface area contributed by atoms with Gasteiger partial charge in [0, 0.05) is 31.5 Å². The van der Waals surface area contributed by atoms with Crippen LogP contribution >= 0.6 is 0 Å². The Labute approximate surface area is 178 Å². The van der Waals surface area contributed by atoms with Crippen molar-refractivity contribution in [1.29, 1.82) is 0 Å². The summed E-state index contributed by atoms with van der Waals surface area (Å²) in [5.74, 6) is 0.911. The molecule has 0 radical (unpaired) electrons. The van der Waals surface area contributed by atoms with E-state index in [1.807, 2.05) is 19.9 Å². The molecule has 1 saturated heterocycles. The average Bonchev–Trinajstić information content (AvgIpc) is 3.22. The van der Waals surface area contributed by atoms with Crippen LogP contribution in [0, 0.1) is 0 Å². The number of H-pyrrole nitrogens is 1. The van der Waals surface area contributed by atoms with E-state index in [-0.39, 0.29) is 17.9 Å². The van der Waals surface area contributed by atoms with E-state index in [1.54, 1.807) is 35.2 Å². The predicted octanol–water partition coefficient (Wildman–Crippen LogP) is 2.50. The highest BCUT2D eigenvalue weighted by Gasteiger charge is 2.43. The van der Waals surface area contributed by atoms with Crippen LogP contribution in [0.2, 0.25) is 0 Å². The van der Waals surface area contributed by atoms with Gasteiger partial charge in [0.25, 0.3) is 11.8 Å². The first-order valence-electron chi connectivity index (χ1n) is 10.3. The Bertz CT molecular complexity index is 1160. The van der Waals surface area contributed by atoms with Gasteiger partial charge in [-0.3, -0.25) is 14.7 Å². The summed E-state index contributed by atoms with van der Waals surface area (Å²) in [6.45, 7) is 4.81. The molecular weight excluding hydrogens is 398 g/mol. The van der Waals surface area contributed by atoms with Gasteiger partial charge in [0.15, 0.2) is 5.72 Å². The van der Waals surface area contributed by atoms with Crippen LogP contribution in [0.4, 0.5) is 0 Å². The van der Waals surface area contributed by atoms with Gasteiger partial charge in [-0.15, -0.1) is 5.10 Å². The summed E-state index contributed by atoms with van der Waals surface area (Å²) < 4.78 is 11.9. The second kappa shape index (κ2) is 7.26. The molecule has 2 aliphatic heterocycles. The smallest absolute Gasteiger partial charge is 0.258 e. The molecule has 5 rings (SSSR count). The molecule has 0 unspecified atom stereocenters. The second-order valence-corrected chi connectivity index (χ2v) is 8.21. The highest BCUT2D eigenvalue weighted by Crippen LogP contribution is 2.35. The molecule has 3 heterocycles. The number of ether oxygens (including phenoxy) is 2. The van der Waals surface area contributed by atoms with E-state index >= 15 is 0 Å². The lowest BCUT2D eigenvalue weighted by Gasteiger charge is -2.44. The van der Waals surface area contributed by atoms with Crippen LogP contribution in [0.3, 0.4) is 0 Å². The van der Waals surface area contributed by atoms with E-state index in [0.29, 0.717) is 54.1 Å². The maximum Gasteiger partial charge on any atom is 0.258 e. The Kier molecular flexibility index (Phi) is 4.53. The minimum Gasteiger partial charge on any atom is -0.491 e. The minimum absolute atomic E-state index is 0.0174. The summed E-state index contributed by atoms with van der Waals surface area (Å²) in [6.07, 6.45) is 1.02. The number of rotatable bonds is 3. The van der Waals surface area contributed by atoms with Crippen LogP contribution < -0.4 is 14.8 Å². The van der Waals surface area contributed by atoms with Crippen molar-refractivity contribution in [3.05, 3.63) is 47.5 Å². The highest BCUT2D eigenvalue weighted by molar-refractivity contribution is 5.99. The van der Waals surface area contributed by atoms with Crippen molar-refractivity contribution in [3.63, 3.8) is 0 Å². The van der Waals surface area contributed by atoms with Gasteiger partial charge in [-0.25, -0.2) is 0 Å². The van der Waals surface area contributed by atoms with Crippen molar-refractivity contribution < 1.29 is 19.1 Å². The number of nitrogens with one attached hydrogen (secondary N) is 2. The number of nitrogens with zero attached hydrogens (tertiary/aromatic N) is 3. The van der Waals surface area contributed by atoms with Crippen molar-refractivity contribution in [2.24, 2.45) is 0 Å². The Balaban J connectivity index is 1.29. The van der Waals surface area contributed by atoms with Crippen LogP contribution in [0.15, 0.2) is 36.4 Å². The van der Waals surface area contributed by atoms with Gasteiger partial charge in [-0.1, -0.05) is 5.21 Å². The number of fused-ring (bicyclic) bond motifs is 2. The maximum absolute atomic E-state index is 13.0. The van der Waals surface area contributed by atoms with Crippen molar-refractivity contribution in [3.8, 4) is 11.5 Å². The molecular formula is C22H23N5O4. The molecule has 160 valence electrons. The molecule has 0 aliphatic carbocycles. The zero-order chi connectivity index (χ0) is 21.6. The van der Waals surface area contributed by atoms with Gasteiger partial charge >= 0.3 is 0 Å². The average molecular weight is 421 g/mol. The molecule has 1 spiro atoms. The monoisotopic (exact) mass is 421 g/mol. The van der Waals surface area contributed by atoms with E-state index in [2.05, 4.69) is 20.7 Å². The predicted molar refractivity (Wildman–Crippen MR) is 112 cm³/mol. The van der Waals surface area contributed by atoms with Crippen LogP contribution in [0.1, 0.15) is 47.4 Å². The first kappa shape index (κ1) is 19.3. The summed E-state index contributed by atoms with van der Waals surface area (Å²) in [5, 5.41) is 13.5. The summed E-state index contributed by atoms with van der Waals surface area (Å²) in [4.78, 5) is 27.5. The maximum atomic E-state index is 13.0. The third-order valence-corrected chi connectivity index (χ3v) is 5.65. The van der Waals surface area contributed by atoms with E-state index in [9.17, 15) is 9.59 Å². The molecule has 2 N–H and O–H groups in total. The molecule has 31 heavy (non-hydrogen) atoms. The fourth-order valence-electron chi connectivity index (χ4n) is 4.09. The molecule has 0 saturated carbocycles. The zero-order valence-corrected chi connectivity index (χ0v) is 17.3. The zero-order valence-electron chi connectivity index (χ0n) is 17.3. The molecule has 9 nitrogen and oxygen atoms in total. The van der Waals surface area contributed by atoms with E-state index in [0.717, 1.165) is 5.52 Å². The Morgan fingerprint density at radius 1 is 1.19 bits per heavy atom. The number of piperidine rings is 1. The van der Waals surface area contributed by atoms with Gasteiger partial charge in [0.05, 0.1) is 17.2 Å². The second-order valence-electron chi connectivity index (χ2n) is 8.21. The molecule has 2 aromatic carbocycles. The number of aromatic nitrogens is 3. The Hall–Kier alpha value is -3.62. The van der Waals surface area contributed by atoms with Gasteiger partial charge in [-0.2, -0.15) is 0 Å². The van der Waals surface area contributed by atoms with E-state index in [1.165, 1.54) is 0 Å². The van der Waals surface area contributed by atoms with E-state index < -0.39 is 5.72 Å². The fraction of sp³-hybridized carbons (Fsp3) is 0.364. The van der Waals surface area contributed by atoms with Gasteiger partial charge in [-0.05, 0) is 50.2 Å². The van der Waals surface area contributed by atoms with Crippen LogP contribution in [-0.4, -0.2) is 57.0 Å². The first-order chi connectivity index (χ1) is 14.9. The number of likely N-dealkylation sites (tertiary alicyclic amines) is 1. The van der Waals surface area contributed by atoms with Crippen molar-refractivity contribution in [1.82, 2.24) is 25.6 Å². The number of carbonyl (C=O) groups is 2. The van der Waals surface area contributed by atoms with E-state index in [4.69, 9.17) is 9.47 Å². The van der Waals surface area contributed by atoms with Gasteiger partial charge in [0.2, 0.25) is 0 Å². The molecule has 1 fully saturated rings. The number of hydrogen-bond donors (Lipinski definition) is 2. The number of hydrogen-bond acceptors (Lipinski definition) is 6. The lowest BCUT2D eigenvalue weighted by Crippen LogP contribution is -2.61. The summed E-state index contributed by atoms with van der Waals surface area (Å²) >= 11 is 0. The molecule has 3 aromatic rings. The van der Waals surface area contributed by atoms with Crippen molar-refractivity contribution >= 4 is 22.8 Å². The molecule has 2 amide bonds. The Morgan fingerprint density at radius 3 is 2.77 bits per heavy atom. The third kappa shape index (κ3) is 3.56. The lowest BCUT2D eigenvalue weighted by molar-refractivity contribution is -0.0246. The number of benzene rings is 2. The summed E-state index contributed by atoms with van der Waals surface area (Å²) in [5.41, 5.74) is 1.65. The van der Waals surface area contributed by atoms with Crippen molar-refractivity contribution in [2.45, 2.75) is 38.5 Å². The lowest BCUT2D eigenvalue weighted by atomic mass is 9.96. The fourth-order valence-corrected chi connectivity index (χ4v) is 4.09. The number of aromatic amines is 1. The largest absolute Gasteiger partial charge is 0.491 e.